The molecule has 4 rings (SSSR count). The minimum Gasteiger partial charge on any atom is -0.346 e. The van der Waals surface area contributed by atoms with Gasteiger partial charge in [-0.25, -0.2) is 4.39 Å². The molecule has 35 heavy (non-hydrogen) atoms. The maximum Gasteiger partial charge on any atom is 0.247 e. The summed E-state index contributed by atoms with van der Waals surface area (Å²) in [5, 5.41) is 19.0. The molecule has 1 aromatic heterocycles. The summed E-state index contributed by atoms with van der Waals surface area (Å²) in [7, 11) is 0. The van der Waals surface area contributed by atoms with E-state index in [0.717, 1.165) is 22.0 Å². The van der Waals surface area contributed by atoms with E-state index < -0.39 is 0 Å². The topological polar surface area (TPSA) is 72.8 Å². The Balaban J connectivity index is 1.61. The van der Waals surface area contributed by atoms with Crippen LogP contribution >= 0.6 is 0 Å². The zero-order valence-electron chi connectivity index (χ0n) is 19.1. The summed E-state index contributed by atoms with van der Waals surface area (Å²) >= 11 is 0. The van der Waals surface area contributed by atoms with E-state index in [2.05, 4.69) is 12.1 Å². The highest BCUT2D eigenvalue weighted by molar-refractivity contribution is 5.96. The molecule has 0 N–H and O–H groups in total. The number of aryl methyl sites for hydroxylation is 1. The van der Waals surface area contributed by atoms with E-state index in [1.54, 1.807) is 35.2 Å². The summed E-state index contributed by atoms with van der Waals surface area (Å²) in [6, 6.07) is 25.4. The van der Waals surface area contributed by atoms with Crippen molar-refractivity contribution in [2.45, 2.75) is 26.1 Å². The number of rotatable bonds is 8. The highest BCUT2D eigenvalue weighted by Crippen LogP contribution is 2.23. The molecule has 5 nitrogen and oxygen atoms in total. The number of carbonyl (C=O) groups is 1. The lowest BCUT2D eigenvalue weighted by atomic mass is 10.1. The van der Waals surface area contributed by atoms with Gasteiger partial charge >= 0.3 is 0 Å². The van der Waals surface area contributed by atoms with Crippen molar-refractivity contribution in [2.75, 3.05) is 0 Å². The highest BCUT2D eigenvalue weighted by Gasteiger charge is 2.14. The van der Waals surface area contributed by atoms with Gasteiger partial charge in [-0.15, -0.1) is 0 Å². The molecule has 0 spiro atoms. The molecule has 172 valence electrons. The molecule has 6 heteroatoms. The van der Waals surface area contributed by atoms with Crippen molar-refractivity contribution in [3.05, 3.63) is 113 Å². The number of halogens is 1. The Morgan fingerprint density at radius 2 is 1.74 bits per heavy atom. The number of hydrogen-bond acceptors (Lipinski definition) is 3. The van der Waals surface area contributed by atoms with Crippen LogP contribution in [0.25, 0.3) is 17.0 Å². The van der Waals surface area contributed by atoms with Crippen LogP contribution in [-0.2, 0) is 24.4 Å². The first-order chi connectivity index (χ1) is 17.1. The molecule has 0 atom stereocenters. The molecule has 0 saturated heterocycles. The van der Waals surface area contributed by atoms with E-state index >= 15 is 0 Å². The van der Waals surface area contributed by atoms with Crippen molar-refractivity contribution in [3.63, 3.8) is 0 Å². The molecule has 0 radical (unpaired) electrons. The van der Waals surface area contributed by atoms with E-state index in [4.69, 9.17) is 10.5 Å². The molecular weight excluding hydrogens is 439 g/mol. The minimum atomic E-state index is -0.353. The van der Waals surface area contributed by atoms with Crippen LogP contribution in [0.5, 0.6) is 0 Å². The summed E-state index contributed by atoms with van der Waals surface area (Å²) < 4.78 is 15.8. The van der Waals surface area contributed by atoms with Crippen molar-refractivity contribution in [1.29, 1.82) is 10.5 Å². The van der Waals surface area contributed by atoms with Crippen molar-refractivity contribution < 1.29 is 9.18 Å². The fraction of sp³-hybridized carbons (Fsp3) is 0.138. The third-order valence-electron chi connectivity index (χ3n) is 5.72. The molecule has 0 unspecified atom stereocenters. The molecule has 0 aliphatic heterocycles. The number of carbonyl (C=O) groups excluding carboxylic acids is 1. The van der Waals surface area contributed by atoms with Gasteiger partial charge in [0.1, 0.15) is 5.82 Å². The van der Waals surface area contributed by atoms with E-state index in [0.29, 0.717) is 30.6 Å². The summed E-state index contributed by atoms with van der Waals surface area (Å²) in [4.78, 5) is 14.9. The van der Waals surface area contributed by atoms with Gasteiger partial charge in [-0.2, -0.15) is 10.5 Å². The van der Waals surface area contributed by atoms with Crippen molar-refractivity contribution in [1.82, 2.24) is 9.47 Å². The van der Waals surface area contributed by atoms with E-state index in [-0.39, 0.29) is 18.3 Å². The third-order valence-corrected chi connectivity index (χ3v) is 5.72. The average molecular weight is 463 g/mol. The van der Waals surface area contributed by atoms with Crippen LogP contribution in [-0.4, -0.2) is 15.4 Å². The number of para-hydroxylation sites is 1. The molecular formula is C29H23FN4O. The van der Waals surface area contributed by atoms with Crippen LogP contribution in [0.15, 0.2) is 85.1 Å². The van der Waals surface area contributed by atoms with Gasteiger partial charge in [0, 0.05) is 48.4 Å². The Bertz CT molecular complexity index is 1450. The van der Waals surface area contributed by atoms with Gasteiger partial charge in [0.2, 0.25) is 5.91 Å². The van der Waals surface area contributed by atoms with Crippen molar-refractivity contribution >= 4 is 22.9 Å². The zero-order valence-corrected chi connectivity index (χ0v) is 19.1. The number of nitriles is 2. The maximum atomic E-state index is 13.8. The van der Waals surface area contributed by atoms with Gasteiger partial charge in [-0.3, -0.25) is 4.79 Å². The van der Waals surface area contributed by atoms with Gasteiger partial charge in [-0.1, -0.05) is 42.5 Å². The Hall–Kier alpha value is -4.68. The first-order valence-electron chi connectivity index (χ1n) is 11.2. The van der Waals surface area contributed by atoms with Crippen molar-refractivity contribution in [3.8, 4) is 12.1 Å². The summed E-state index contributed by atoms with van der Waals surface area (Å²) in [6.07, 6.45) is 5.65. The average Bonchev–Trinajstić information content (AvgIpc) is 3.23. The highest BCUT2D eigenvalue weighted by atomic mass is 19.1. The largest absolute Gasteiger partial charge is 0.346 e. The Morgan fingerprint density at radius 1 is 0.971 bits per heavy atom. The minimum absolute atomic E-state index is 0.215. The van der Waals surface area contributed by atoms with Gasteiger partial charge in [0.25, 0.3) is 0 Å². The van der Waals surface area contributed by atoms with Crippen LogP contribution in [0.3, 0.4) is 0 Å². The Kier molecular flexibility index (Phi) is 7.35. The van der Waals surface area contributed by atoms with Gasteiger partial charge in [0.05, 0.1) is 24.1 Å². The maximum absolute atomic E-state index is 13.8. The Labute approximate surface area is 203 Å². The van der Waals surface area contributed by atoms with Gasteiger partial charge in [0.15, 0.2) is 0 Å². The standard InChI is InChI=1S/C29H23FN4O/c30-26-6-3-5-24(17-26)20-34(19-23-11-9-22(18-32)10-12-23)29(35)14-13-25-21-33(16-4-15-31)28-8-2-1-7-27(25)28/h1-3,5-14,17,21H,4,16,19-20H2/b14-13+. The molecule has 0 aliphatic rings. The van der Waals surface area contributed by atoms with Gasteiger partial charge in [-0.05, 0) is 47.5 Å². The normalized spacial score (nSPS) is 10.8. The summed E-state index contributed by atoms with van der Waals surface area (Å²) in [6.45, 7) is 1.13. The Morgan fingerprint density at radius 3 is 2.49 bits per heavy atom. The van der Waals surface area contributed by atoms with Crippen LogP contribution < -0.4 is 0 Å². The van der Waals surface area contributed by atoms with E-state index in [1.165, 1.54) is 18.2 Å². The number of fused-ring (bicyclic) bond motifs is 1. The second kappa shape index (κ2) is 11.0. The lowest BCUT2D eigenvalue weighted by Crippen LogP contribution is -2.28. The molecule has 0 fully saturated rings. The molecule has 0 aliphatic carbocycles. The molecule has 3 aromatic carbocycles. The molecule has 0 bridgehead atoms. The van der Waals surface area contributed by atoms with Crippen LogP contribution in [0.1, 0.15) is 28.7 Å². The number of amides is 1. The quantitative estimate of drug-likeness (QED) is 0.310. The smallest absolute Gasteiger partial charge is 0.247 e. The number of hydrogen-bond donors (Lipinski definition) is 0. The zero-order chi connectivity index (χ0) is 24.6. The molecule has 1 heterocycles. The lowest BCUT2D eigenvalue weighted by molar-refractivity contribution is -0.127. The van der Waals surface area contributed by atoms with Gasteiger partial charge < -0.3 is 9.47 Å². The molecule has 1 amide bonds. The first-order valence-corrected chi connectivity index (χ1v) is 11.2. The van der Waals surface area contributed by atoms with Crippen molar-refractivity contribution in [2.24, 2.45) is 0 Å². The number of nitrogens with zero attached hydrogens (tertiary/aromatic N) is 4. The second-order valence-corrected chi connectivity index (χ2v) is 8.17. The summed E-state index contributed by atoms with van der Waals surface area (Å²) in [5.74, 6) is -0.568. The van der Waals surface area contributed by atoms with E-state index in [9.17, 15) is 9.18 Å². The molecule has 0 saturated carbocycles. The summed E-state index contributed by atoms with van der Waals surface area (Å²) in [5.41, 5.74) is 3.99. The SMILES string of the molecule is N#CCCn1cc(/C=C/C(=O)N(Cc2ccc(C#N)cc2)Cc2cccc(F)c2)c2ccccc21. The second-order valence-electron chi connectivity index (χ2n) is 8.17. The third kappa shape index (κ3) is 5.82. The lowest BCUT2D eigenvalue weighted by Gasteiger charge is -2.22. The predicted octanol–water partition coefficient (Wildman–Crippen LogP) is 5.81. The monoisotopic (exact) mass is 462 g/mol. The van der Waals surface area contributed by atoms with Crippen LogP contribution in [0, 0.1) is 28.5 Å². The number of aromatic nitrogens is 1. The fourth-order valence-corrected chi connectivity index (χ4v) is 4.00. The number of benzene rings is 3. The predicted molar refractivity (Wildman–Crippen MR) is 133 cm³/mol. The van der Waals surface area contributed by atoms with Crippen LogP contribution in [0.4, 0.5) is 4.39 Å². The molecule has 4 aromatic rings. The first kappa shape index (κ1) is 23.5. The van der Waals surface area contributed by atoms with Crippen LogP contribution in [0.2, 0.25) is 0 Å². The van der Waals surface area contributed by atoms with E-state index in [1.807, 2.05) is 47.2 Å². The fourth-order valence-electron chi connectivity index (χ4n) is 4.00.